The van der Waals surface area contributed by atoms with Crippen molar-refractivity contribution in [1.82, 2.24) is 4.90 Å². The van der Waals surface area contributed by atoms with Crippen molar-refractivity contribution in [3.63, 3.8) is 0 Å². The van der Waals surface area contributed by atoms with E-state index < -0.39 is 23.6 Å². The van der Waals surface area contributed by atoms with E-state index in [1.54, 1.807) is 0 Å². The first-order valence-electron chi connectivity index (χ1n) is 7.83. The van der Waals surface area contributed by atoms with Gasteiger partial charge in [0.15, 0.2) is 0 Å². The van der Waals surface area contributed by atoms with Crippen molar-refractivity contribution in [2.45, 2.75) is 38.4 Å². The first kappa shape index (κ1) is 18.3. The number of alkyl halides is 3. The maximum Gasteiger partial charge on any atom is 0.416 e. The predicted octanol–water partition coefficient (Wildman–Crippen LogP) is 3.55. The highest BCUT2D eigenvalue weighted by atomic mass is 19.4. The van der Waals surface area contributed by atoms with Gasteiger partial charge in [0.1, 0.15) is 0 Å². The molecule has 1 aromatic carbocycles. The Bertz CT molecular complexity index is 607. The first-order chi connectivity index (χ1) is 11.2. The molecule has 7 heteroatoms. The van der Waals surface area contributed by atoms with Crippen LogP contribution in [0.4, 0.5) is 13.2 Å². The van der Waals surface area contributed by atoms with E-state index in [4.69, 9.17) is 5.11 Å². The number of carboxylic acids is 1. The second-order valence-electron chi connectivity index (χ2n) is 6.24. The van der Waals surface area contributed by atoms with Gasteiger partial charge in [-0.15, -0.1) is 0 Å². The average molecular weight is 343 g/mol. The van der Waals surface area contributed by atoms with Crippen molar-refractivity contribution in [3.05, 3.63) is 35.4 Å². The lowest BCUT2D eigenvalue weighted by molar-refractivity contribution is -0.145. The number of halogens is 3. The molecule has 2 rings (SSSR count). The minimum Gasteiger partial charge on any atom is -0.481 e. The molecule has 1 N–H and O–H groups in total. The number of carbonyl (C=O) groups excluding carboxylic acids is 1. The van der Waals surface area contributed by atoms with Crippen LogP contribution in [0.2, 0.25) is 0 Å². The fourth-order valence-electron chi connectivity index (χ4n) is 3.17. The van der Waals surface area contributed by atoms with E-state index in [2.05, 4.69) is 0 Å². The fraction of sp³-hybridized carbons (Fsp3) is 0.529. The third-order valence-corrected chi connectivity index (χ3v) is 4.53. The van der Waals surface area contributed by atoms with Crippen molar-refractivity contribution < 1.29 is 27.9 Å². The van der Waals surface area contributed by atoms with Crippen LogP contribution in [0, 0.1) is 11.8 Å². The van der Waals surface area contributed by atoms with E-state index in [-0.39, 0.29) is 23.9 Å². The number of aliphatic carboxylic acids is 1. The second-order valence-corrected chi connectivity index (χ2v) is 6.24. The number of nitrogens with zero attached hydrogens (tertiary/aromatic N) is 1. The molecule has 0 heterocycles. The molecule has 0 radical (unpaired) electrons. The largest absolute Gasteiger partial charge is 0.481 e. The lowest BCUT2D eigenvalue weighted by Gasteiger charge is -2.29. The van der Waals surface area contributed by atoms with E-state index in [0.717, 1.165) is 6.07 Å². The van der Waals surface area contributed by atoms with E-state index in [0.29, 0.717) is 25.7 Å². The van der Waals surface area contributed by atoms with Crippen LogP contribution in [0.1, 0.15) is 36.8 Å². The van der Waals surface area contributed by atoms with E-state index in [9.17, 15) is 22.8 Å². The maximum absolute atomic E-state index is 13.0. The van der Waals surface area contributed by atoms with Gasteiger partial charge in [0, 0.05) is 19.5 Å². The highest BCUT2D eigenvalue weighted by Gasteiger charge is 2.34. The first-order valence-corrected chi connectivity index (χ1v) is 7.83. The van der Waals surface area contributed by atoms with Gasteiger partial charge in [0.25, 0.3) is 0 Å². The Morgan fingerprint density at radius 3 is 2.21 bits per heavy atom. The zero-order valence-corrected chi connectivity index (χ0v) is 13.3. The number of carbonyl (C=O) groups is 2. The summed E-state index contributed by atoms with van der Waals surface area (Å²) in [5, 5.41) is 8.97. The summed E-state index contributed by atoms with van der Waals surface area (Å²) >= 11 is 0. The van der Waals surface area contributed by atoms with Crippen LogP contribution in [-0.4, -0.2) is 28.9 Å². The quantitative estimate of drug-likeness (QED) is 0.909. The lowest BCUT2D eigenvalue weighted by Crippen LogP contribution is -2.36. The molecule has 1 amide bonds. The Hall–Kier alpha value is -2.05. The molecule has 24 heavy (non-hydrogen) atoms. The average Bonchev–Trinajstić information content (AvgIpc) is 2.53. The van der Waals surface area contributed by atoms with Crippen LogP contribution in [0.3, 0.4) is 0 Å². The Morgan fingerprint density at radius 2 is 1.67 bits per heavy atom. The third kappa shape index (κ3) is 4.27. The Balaban J connectivity index is 2.02. The monoisotopic (exact) mass is 343 g/mol. The number of rotatable bonds is 4. The molecule has 1 fully saturated rings. The topological polar surface area (TPSA) is 57.6 Å². The molecule has 1 aliphatic rings. The SMILES string of the molecule is CN(Cc1ccccc1C(F)(F)F)C(=O)C1CCC(C(=O)O)CC1. The zero-order chi connectivity index (χ0) is 17.9. The molecule has 0 atom stereocenters. The van der Waals surface area contributed by atoms with Crippen molar-refractivity contribution in [3.8, 4) is 0 Å². The summed E-state index contributed by atoms with van der Waals surface area (Å²) in [5.41, 5.74) is -0.681. The predicted molar refractivity (Wildman–Crippen MR) is 81.0 cm³/mol. The second kappa shape index (κ2) is 7.23. The van der Waals surface area contributed by atoms with Gasteiger partial charge in [-0.05, 0) is 37.3 Å². The van der Waals surface area contributed by atoms with Gasteiger partial charge < -0.3 is 10.0 Å². The smallest absolute Gasteiger partial charge is 0.416 e. The van der Waals surface area contributed by atoms with E-state index in [1.165, 1.54) is 30.1 Å². The molecular formula is C17H20F3NO3. The summed E-state index contributed by atoms with van der Waals surface area (Å²) < 4.78 is 39.0. The molecule has 4 nitrogen and oxygen atoms in total. The summed E-state index contributed by atoms with van der Waals surface area (Å²) in [7, 11) is 1.48. The van der Waals surface area contributed by atoms with Gasteiger partial charge in [0.2, 0.25) is 5.91 Å². The fourth-order valence-corrected chi connectivity index (χ4v) is 3.17. The van der Waals surface area contributed by atoms with Crippen LogP contribution in [0.25, 0.3) is 0 Å². The highest BCUT2D eigenvalue weighted by molar-refractivity contribution is 5.79. The molecule has 0 aromatic heterocycles. The Labute approximate surface area is 138 Å². The molecule has 0 saturated heterocycles. The molecule has 0 spiro atoms. The number of amides is 1. The van der Waals surface area contributed by atoms with Crippen molar-refractivity contribution in [2.24, 2.45) is 11.8 Å². The molecule has 132 valence electrons. The van der Waals surface area contributed by atoms with Gasteiger partial charge >= 0.3 is 12.1 Å². The Kier molecular flexibility index (Phi) is 5.51. The number of hydrogen-bond acceptors (Lipinski definition) is 2. The van der Waals surface area contributed by atoms with Crippen LogP contribution in [0.5, 0.6) is 0 Å². The molecule has 1 saturated carbocycles. The molecular weight excluding hydrogens is 323 g/mol. The highest BCUT2D eigenvalue weighted by Crippen LogP contribution is 2.33. The summed E-state index contributed by atoms with van der Waals surface area (Å²) in [6.45, 7) is -0.118. The van der Waals surface area contributed by atoms with Crippen molar-refractivity contribution >= 4 is 11.9 Å². The van der Waals surface area contributed by atoms with E-state index >= 15 is 0 Å². The zero-order valence-electron chi connectivity index (χ0n) is 13.3. The van der Waals surface area contributed by atoms with Crippen molar-refractivity contribution in [1.29, 1.82) is 0 Å². The van der Waals surface area contributed by atoms with Gasteiger partial charge in [-0.25, -0.2) is 0 Å². The normalized spacial score (nSPS) is 21.3. The van der Waals surface area contributed by atoms with Gasteiger partial charge in [-0.1, -0.05) is 18.2 Å². The number of hydrogen-bond donors (Lipinski definition) is 1. The molecule has 0 aliphatic heterocycles. The van der Waals surface area contributed by atoms with Crippen LogP contribution in [-0.2, 0) is 22.3 Å². The summed E-state index contributed by atoms with van der Waals surface area (Å²) in [6, 6.07) is 5.21. The lowest BCUT2D eigenvalue weighted by atomic mass is 9.81. The Morgan fingerprint density at radius 1 is 1.12 bits per heavy atom. The molecule has 0 unspecified atom stereocenters. The number of carboxylic acid groups (broad SMARTS) is 1. The molecule has 1 aliphatic carbocycles. The minimum atomic E-state index is -4.46. The maximum atomic E-state index is 13.0. The minimum absolute atomic E-state index is 0.0556. The summed E-state index contributed by atoms with van der Waals surface area (Å²) in [4.78, 5) is 24.7. The van der Waals surface area contributed by atoms with Crippen LogP contribution in [0.15, 0.2) is 24.3 Å². The molecule has 1 aromatic rings. The van der Waals surface area contributed by atoms with Gasteiger partial charge in [-0.3, -0.25) is 9.59 Å². The van der Waals surface area contributed by atoms with Crippen LogP contribution >= 0.6 is 0 Å². The van der Waals surface area contributed by atoms with Crippen molar-refractivity contribution in [2.75, 3.05) is 7.05 Å². The van der Waals surface area contributed by atoms with Crippen LogP contribution < -0.4 is 0 Å². The summed E-state index contributed by atoms with van der Waals surface area (Å²) in [5.74, 6) is -1.82. The summed E-state index contributed by atoms with van der Waals surface area (Å²) in [6.07, 6.45) is -2.68. The van der Waals surface area contributed by atoms with Gasteiger partial charge in [0.05, 0.1) is 11.5 Å². The third-order valence-electron chi connectivity index (χ3n) is 4.53. The standard InChI is InChI=1S/C17H20F3NO3/c1-21(10-13-4-2-3-5-14(13)17(18,19)20)15(22)11-6-8-12(9-7-11)16(23)24/h2-5,11-12H,6-10H2,1H3,(H,23,24). The van der Waals surface area contributed by atoms with Gasteiger partial charge in [-0.2, -0.15) is 13.2 Å². The van der Waals surface area contributed by atoms with E-state index in [1.807, 2.05) is 0 Å². The number of benzene rings is 1. The molecule has 0 bridgehead atoms.